The van der Waals surface area contributed by atoms with Crippen LogP contribution in [0.4, 0.5) is 24.5 Å². The van der Waals surface area contributed by atoms with Gasteiger partial charge in [0.2, 0.25) is 21.8 Å². The van der Waals surface area contributed by atoms with E-state index in [1.54, 1.807) is 15.9 Å². The van der Waals surface area contributed by atoms with Crippen molar-refractivity contribution in [3.05, 3.63) is 54.1 Å². The topological polar surface area (TPSA) is 98.8 Å². The maximum Gasteiger partial charge on any atom is 0.416 e. The van der Waals surface area contributed by atoms with Crippen molar-refractivity contribution >= 4 is 33.2 Å². The summed E-state index contributed by atoms with van der Waals surface area (Å²) in [4.78, 5) is 26.9. The molecule has 1 heterocycles. The second-order valence-electron chi connectivity index (χ2n) is 7.77. The van der Waals surface area contributed by atoms with Crippen LogP contribution in [0.25, 0.3) is 0 Å². The fourth-order valence-electron chi connectivity index (χ4n) is 3.55. The molecule has 3 rings (SSSR count). The van der Waals surface area contributed by atoms with Crippen molar-refractivity contribution < 1.29 is 31.2 Å². The van der Waals surface area contributed by atoms with Gasteiger partial charge in [0.15, 0.2) is 0 Å². The van der Waals surface area contributed by atoms with Gasteiger partial charge in [0, 0.05) is 57.4 Å². The molecule has 1 aliphatic heterocycles. The van der Waals surface area contributed by atoms with Crippen molar-refractivity contribution in [2.24, 2.45) is 0 Å². The Labute approximate surface area is 195 Å². The number of amides is 2. The Kier molecular flexibility index (Phi) is 7.82. The molecule has 0 saturated carbocycles. The van der Waals surface area contributed by atoms with Crippen LogP contribution in [0.2, 0.25) is 0 Å². The highest BCUT2D eigenvalue weighted by Crippen LogP contribution is 2.31. The average Bonchev–Trinajstić information content (AvgIpc) is 2.78. The SMILES string of the molecule is CC(=O)Nc1ccc(S(=O)(=O)NCCC(=O)N2CCN(c3cccc(C(F)(F)F)c3)CC2)cc1. The van der Waals surface area contributed by atoms with Crippen LogP contribution in [-0.4, -0.2) is 57.9 Å². The minimum atomic E-state index is -4.42. The third-order valence-corrected chi connectivity index (χ3v) is 6.76. The number of hydrogen-bond acceptors (Lipinski definition) is 5. The van der Waals surface area contributed by atoms with Crippen molar-refractivity contribution in [3.8, 4) is 0 Å². The molecule has 2 amide bonds. The third kappa shape index (κ3) is 6.70. The standard InChI is InChI=1S/C22H25F3N4O4S/c1-16(30)27-18-5-7-20(8-6-18)34(32,33)26-10-9-21(31)29-13-11-28(12-14-29)19-4-2-3-17(15-19)22(23,24)25/h2-8,15,26H,9-14H2,1H3,(H,27,30). The van der Waals surface area contributed by atoms with Crippen LogP contribution in [0.3, 0.4) is 0 Å². The number of nitrogens with one attached hydrogen (secondary N) is 2. The maximum absolute atomic E-state index is 12.9. The van der Waals surface area contributed by atoms with Gasteiger partial charge in [-0.05, 0) is 42.5 Å². The molecule has 34 heavy (non-hydrogen) atoms. The van der Waals surface area contributed by atoms with Gasteiger partial charge in [-0.15, -0.1) is 0 Å². The first kappa shape index (κ1) is 25.5. The lowest BCUT2D eigenvalue weighted by Gasteiger charge is -2.36. The Morgan fingerprint density at radius 1 is 1.00 bits per heavy atom. The second kappa shape index (κ2) is 10.4. The number of hydrogen-bond donors (Lipinski definition) is 2. The largest absolute Gasteiger partial charge is 0.416 e. The molecule has 1 fully saturated rings. The van der Waals surface area contributed by atoms with Gasteiger partial charge < -0.3 is 15.1 Å². The lowest BCUT2D eigenvalue weighted by atomic mass is 10.1. The first-order valence-electron chi connectivity index (χ1n) is 10.5. The van der Waals surface area contributed by atoms with Gasteiger partial charge in [0.05, 0.1) is 10.5 Å². The van der Waals surface area contributed by atoms with E-state index >= 15 is 0 Å². The normalized spacial score (nSPS) is 14.7. The lowest BCUT2D eigenvalue weighted by molar-refractivity contribution is -0.137. The van der Waals surface area contributed by atoms with E-state index in [-0.39, 0.29) is 29.7 Å². The number of rotatable bonds is 7. The molecular formula is C22H25F3N4O4S. The first-order valence-corrected chi connectivity index (χ1v) is 12.0. The van der Waals surface area contributed by atoms with E-state index < -0.39 is 21.8 Å². The van der Waals surface area contributed by atoms with Gasteiger partial charge in [-0.2, -0.15) is 13.2 Å². The Morgan fingerprint density at radius 3 is 2.24 bits per heavy atom. The van der Waals surface area contributed by atoms with E-state index in [1.807, 2.05) is 0 Å². The average molecular weight is 499 g/mol. The number of halogens is 3. The molecule has 0 aromatic heterocycles. The van der Waals surface area contributed by atoms with Gasteiger partial charge in [0.1, 0.15) is 0 Å². The van der Waals surface area contributed by atoms with E-state index in [9.17, 15) is 31.2 Å². The van der Waals surface area contributed by atoms with Crippen molar-refractivity contribution in [1.82, 2.24) is 9.62 Å². The predicted octanol–water partition coefficient (Wildman–Crippen LogP) is 2.68. The van der Waals surface area contributed by atoms with Crippen LogP contribution in [-0.2, 0) is 25.8 Å². The highest BCUT2D eigenvalue weighted by atomic mass is 32.2. The van der Waals surface area contributed by atoms with Gasteiger partial charge in [-0.25, -0.2) is 13.1 Å². The van der Waals surface area contributed by atoms with Crippen LogP contribution in [0, 0.1) is 0 Å². The summed E-state index contributed by atoms with van der Waals surface area (Å²) in [5, 5.41) is 2.54. The smallest absolute Gasteiger partial charge is 0.368 e. The summed E-state index contributed by atoms with van der Waals surface area (Å²) in [6.07, 6.45) is -4.47. The summed E-state index contributed by atoms with van der Waals surface area (Å²) < 4.78 is 66.0. The Balaban J connectivity index is 1.48. The molecule has 1 saturated heterocycles. The molecule has 0 bridgehead atoms. The third-order valence-electron chi connectivity index (χ3n) is 5.29. The van der Waals surface area contributed by atoms with Crippen molar-refractivity contribution in [2.45, 2.75) is 24.4 Å². The van der Waals surface area contributed by atoms with Crippen molar-refractivity contribution in [3.63, 3.8) is 0 Å². The molecule has 184 valence electrons. The molecule has 0 aliphatic carbocycles. The minimum Gasteiger partial charge on any atom is -0.368 e. The molecule has 8 nitrogen and oxygen atoms in total. The number of anilines is 2. The van der Waals surface area contributed by atoms with Gasteiger partial charge >= 0.3 is 6.18 Å². The molecule has 0 radical (unpaired) electrons. The number of nitrogens with zero attached hydrogens (tertiary/aromatic N) is 2. The highest BCUT2D eigenvalue weighted by molar-refractivity contribution is 7.89. The summed E-state index contributed by atoms with van der Waals surface area (Å²) in [5.41, 5.74) is 0.186. The zero-order chi connectivity index (χ0) is 24.9. The number of sulfonamides is 1. The number of alkyl halides is 3. The summed E-state index contributed by atoms with van der Waals surface area (Å²) in [7, 11) is -3.83. The van der Waals surface area contributed by atoms with Crippen LogP contribution >= 0.6 is 0 Å². The van der Waals surface area contributed by atoms with Crippen LogP contribution in [0.5, 0.6) is 0 Å². The van der Waals surface area contributed by atoms with Crippen LogP contribution in [0.15, 0.2) is 53.4 Å². The van der Waals surface area contributed by atoms with E-state index in [4.69, 9.17) is 0 Å². The zero-order valence-electron chi connectivity index (χ0n) is 18.4. The molecular weight excluding hydrogens is 473 g/mol. The van der Waals surface area contributed by atoms with E-state index in [0.717, 1.165) is 12.1 Å². The Morgan fingerprint density at radius 2 is 1.65 bits per heavy atom. The lowest BCUT2D eigenvalue weighted by Crippen LogP contribution is -2.49. The zero-order valence-corrected chi connectivity index (χ0v) is 19.2. The highest BCUT2D eigenvalue weighted by Gasteiger charge is 2.31. The number of carbonyl (C=O) groups is 2. The Hall–Kier alpha value is -3.12. The van der Waals surface area contributed by atoms with Gasteiger partial charge in [0.25, 0.3) is 0 Å². The number of piperazine rings is 1. The molecule has 1 aliphatic rings. The number of benzene rings is 2. The van der Waals surface area contributed by atoms with Gasteiger partial charge in [-0.1, -0.05) is 6.07 Å². The molecule has 0 spiro atoms. The Bertz CT molecular complexity index is 1130. The summed E-state index contributed by atoms with van der Waals surface area (Å²) in [6, 6.07) is 10.7. The number of carbonyl (C=O) groups excluding carboxylic acids is 2. The quantitative estimate of drug-likeness (QED) is 0.612. The fourth-order valence-corrected chi connectivity index (χ4v) is 4.58. The first-order chi connectivity index (χ1) is 16.0. The summed E-state index contributed by atoms with van der Waals surface area (Å²) >= 11 is 0. The minimum absolute atomic E-state index is 0.00347. The van der Waals surface area contributed by atoms with Crippen LogP contribution in [0.1, 0.15) is 18.9 Å². The van der Waals surface area contributed by atoms with Crippen LogP contribution < -0.4 is 14.9 Å². The molecule has 0 atom stereocenters. The second-order valence-corrected chi connectivity index (χ2v) is 9.54. The van der Waals surface area contributed by atoms with Gasteiger partial charge in [-0.3, -0.25) is 9.59 Å². The molecule has 12 heteroatoms. The molecule has 2 N–H and O–H groups in total. The predicted molar refractivity (Wildman–Crippen MR) is 121 cm³/mol. The summed E-state index contributed by atoms with van der Waals surface area (Å²) in [6.45, 7) is 2.65. The fraction of sp³-hybridized carbons (Fsp3) is 0.364. The monoisotopic (exact) mass is 498 g/mol. The van der Waals surface area contributed by atoms with E-state index in [1.165, 1.54) is 37.3 Å². The summed E-state index contributed by atoms with van der Waals surface area (Å²) in [5.74, 6) is -0.518. The van der Waals surface area contributed by atoms with Crippen molar-refractivity contribution in [2.75, 3.05) is 42.9 Å². The molecule has 2 aromatic rings. The van der Waals surface area contributed by atoms with E-state index in [2.05, 4.69) is 10.0 Å². The molecule has 0 unspecified atom stereocenters. The van der Waals surface area contributed by atoms with E-state index in [0.29, 0.717) is 37.6 Å². The van der Waals surface area contributed by atoms with Crippen molar-refractivity contribution in [1.29, 1.82) is 0 Å². The maximum atomic E-state index is 12.9. The molecule has 2 aromatic carbocycles.